The van der Waals surface area contributed by atoms with E-state index in [0.29, 0.717) is 36.9 Å². The second-order valence-corrected chi connectivity index (χ2v) is 4.75. The van der Waals surface area contributed by atoms with Crippen molar-refractivity contribution in [2.45, 2.75) is 26.0 Å². The molecular weight excluding hydrogens is 276 g/mol. The molecule has 110 valence electrons. The number of fused-ring (bicyclic) bond motifs is 1. The Bertz CT molecular complexity index is 672. The van der Waals surface area contributed by atoms with Crippen molar-refractivity contribution in [2.75, 3.05) is 6.61 Å². The van der Waals surface area contributed by atoms with Crippen LogP contribution in [0.2, 0.25) is 0 Å². The van der Waals surface area contributed by atoms with Gasteiger partial charge in [-0.05, 0) is 6.07 Å². The van der Waals surface area contributed by atoms with Gasteiger partial charge in [0.25, 0.3) is 0 Å². The Hall–Kier alpha value is -2.41. The molecule has 2 aromatic heterocycles. The van der Waals surface area contributed by atoms with Crippen molar-refractivity contribution in [1.29, 1.82) is 0 Å². The van der Waals surface area contributed by atoms with Gasteiger partial charge in [-0.1, -0.05) is 0 Å². The van der Waals surface area contributed by atoms with Gasteiger partial charge in [-0.15, -0.1) is 0 Å². The van der Waals surface area contributed by atoms with E-state index in [1.165, 1.54) is 18.5 Å². The number of hydrogen-bond donors (Lipinski definition) is 1. The molecule has 3 rings (SSSR count). The molecule has 7 heteroatoms. The maximum atomic E-state index is 12.3. The van der Waals surface area contributed by atoms with E-state index in [0.717, 1.165) is 0 Å². The number of hydrogen-bond acceptors (Lipinski definition) is 5. The van der Waals surface area contributed by atoms with Crippen molar-refractivity contribution in [3.63, 3.8) is 0 Å². The number of carbonyl (C=O) groups excluding carboxylic acids is 1. The van der Waals surface area contributed by atoms with Crippen LogP contribution in [0.25, 0.3) is 0 Å². The maximum Gasteiger partial charge on any atom is 0.337 e. The molecule has 3 heterocycles. The van der Waals surface area contributed by atoms with Crippen LogP contribution in [-0.4, -0.2) is 33.0 Å². The van der Waals surface area contributed by atoms with Crippen molar-refractivity contribution < 1.29 is 23.8 Å². The van der Waals surface area contributed by atoms with E-state index in [-0.39, 0.29) is 24.4 Å². The molecule has 0 saturated carbocycles. The van der Waals surface area contributed by atoms with Gasteiger partial charge < -0.3 is 18.8 Å². The summed E-state index contributed by atoms with van der Waals surface area (Å²) < 4.78 is 12.1. The Morgan fingerprint density at radius 1 is 1.43 bits per heavy atom. The smallest absolute Gasteiger partial charge is 0.337 e. The van der Waals surface area contributed by atoms with Crippen LogP contribution in [-0.2, 0) is 24.3 Å². The zero-order valence-electron chi connectivity index (χ0n) is 11.2. The van der Waals surface area contributed by atoms with Crippen LogP contribution in [0.4, 0.5) is 0 Å². The third-order valence-electron chi connectivity index (χ3n) is 3.47. The second-order valence-electron chi connectivity index (χ2n) is 4.75. The predicted octanol–water partition coefficient (Wildman–Crippen LogP) is 1.52. The molecule has 2 aromatic rings. The molecule has 1 aliphatic heterocycles. The van der Waals surface area contributed by atoms with E-state index in [9.17, 15) is 14.7 Å². The molecule has 0 unspecified atom stereocenters. The third-order valence-corrected chi connectivity index (χ3v) is 3.47. The van der Waals surface area contributed by atoms with E-state index in [4.69, 9.17) is 9.15 Å². The average molecular weight is 290 g/mol. The van der Waals surface area contributed by atoms with E-state index in [2.05, 4.69) is 4.98 Å². The summed E-state index contributed by atoms with van der Waals surface area (Å²) in [6.45, 7) is 1.18. The number of Topliss-reactive ketones (excluding diaryl/α,β-unsaturated/α-hetero) is 1. The zero-order chi connectivity index (χ0) is 14.8. The summed E-state index contributed by atoms with van der Waals surface area (Å²) in [4.78, 5) is 27.5. The molecule has 0 amide bonds. The second kappa shape index (κ2) is 5.53. The Labute approximate surface area is 120 Å². The molecular formula is C14H14N2O5. The Morgan fingerprint density at radius 3 is 3.00 bits per heavy atom. The molecule has 0 bridgehead atoms. The number of aryl methyl sites for hydroxylation is 1. The molecule has 0 atom stereocenters. The fourth-order valence-electron chi connectivity index (χ4n) is 2.47. The van der Waals surface area contributed by atoms with Gasteiger partial charge in [-0.3, -0.25) is 4.79 Å². The van der Waals surface area contributed by atoms with Crippen LogP contribution in [0.3, 0.4) is 0 Å². The summed E-state index contributed by atoms with van der Waals surface area (Å²) in [5.74, 6) is -0.671. The summed E-state index contributed by atoms with van der Waals surface area (Å²) in [5.41, 5.74) is 1.10. The fraction of sp³-hybridized carbons (Fsp3) is 0.357. The quantitative estimate of drug-likeness (QED) is 0.839. The minimum Gasteiger partial charge on any atom is -0.478 e. The summed E-state index contributed by atoms with van der Waals surface area (Å²) >= 11 is 0. The number of aromatic carboxylic acids is 1. The zero-order valence-corrected chi connectivity index (χ0v) is 11.2. The molecule has 0 saturated heterocycles. The average Bonchev–Trinajstić information content (AvgIpc) is 3.12. The predicted molar refractivity (Wildman–Crippen MR) is 70.2 cm³/mol. The summed E-state index contributed by atoms with van der Waals surface area (Å²) in [6, 6.07) is 1.43. The topological polar surface area (TPSA) is 94.6 Å². The molecule has 0 aliphatic carbocycles. The number of carboxylic acids is 1. The first-order chi connectivity index (χ1) is 10.2. The first-order valence-electron chi connectivity index (χ1n) is 6.62. The lowest BCUT2D eigenvalue weighted by molar-refractivity contribution is 0.0657. The summed E-state index contributed by atoms with van der Waals surface area (Å²) in [7, 11) is 0. The lowest BCUT2D eigenvalue weighted by Crippen LogP contribution is -2.21. The van der Waals surface area contributed by atoms with Gasteiger partial charge in [0.2, 0.25) is 0 Å². The molecule has 0 aromatic carbocycles. The van der Waals surface area contributed by atoms with E-state index in [1.54, 1.807) is 4.57 Å². The molecule has 7 nitrogen and oxygen atoms in total. The van der Waals surface area contributed by atoms with Crippen molar-refractivity contribution in [3.8, 4) is 0 Å². The SMILES string of the molecule is O=C(O)c1cc(C(=O)CCc2ncco2)n2c1COCC2. The third kappa shape index (κ3) is 2.59. The van der Waals surface area contributed by atoms with Gasteiger partial charge >= 0.3 is 5.97 Å². The highest BCUT2D eigenvalue weighted by Crippen LogP contribution is 2.22. The van der Waals surface area contributed by atoms with Crippen molar-refractivity contribution in [2.24, 2.45) is 0 Å². The van der Waals surface area contributed by atoms with Crippen molar-refractivity contribution in [1.82, 2.24) is 9.55 Å². The molecule has 1 N–H and O–H groups in total. The van der Waals surface area contributed by atoms with Gasteiger partial charge in [0.15, 0.2) is 11.7 Å². The number of oxazole rings is 1. The Morgan fingerprint density at radius 2 is 2.29 bits per heavy atom. The number of carboxylic acid groups (broad SMARTS) is 1. The van der Waals surface area contributed by atoms with E-state index < -0.39 is 5.97 Å². The number of rotatable bonds is 5. The molecule has 0 fully saturated rings. The first kappa shape index (κ1) is 13.6. The number of nitrogens with zero attached hydrogens (tertiary/aromatic N) is 2. The van der Waals surface area contributed by atoms with Crippen LogP contribution in [0.1, 0.15) is 38.9 Å². The minimum atomic E-state index is -1.05. The molecule has 21 heavy (non-hydrogen) atoms. The lowest BCUT2D eigenvalue weighted by Gasteiger charge is -2.18. The van der Waals surface area contributed by atoms with Gasteiger partial charge in [-0.2, -0.15) is 0 Å². The normalized spacial score (nSPS) is 13.9. The number of aromatic nitrogens is 2. The largest absolute Gasteiger partial charge is 0.478 e. The first-order valence-corrected chi connectivity index (χ1v) is 6.62. The Balaban J connectivity index is 1.84. The number of carbonyl (C=O) groups is 2. The van der Waals surface area contributed by atoms with Crippen LogP contribution in [0, 0.1) is 0 Å². The highest BCUT2D eigenvalue weighted by atomic mass is 16.5. The molecule has 1 aliphatic rings. The summed E-state index contributed by atoms with van der Waals surface area (Å²) in [5, 5.41) is 9.21. The van der Waals surface area contributed by atoms with Crippen LogP contribution < -0.4 is 0 Å². The highest BCUT2D eigenvalue weighted by Gasteiger charge is 2.25. The standard InChI is InChI=1S/C14H14N2O5/c17-12(1-2-13-15-3-5-21-13)10-7-9(14(18)19)11-8-20-6-4-16(10)11/h3,5,7H,1-2,4,6,8H2,(H,18,19). The van der Waals surface area contributed by atoms with Gasteiger partial charge in [0.05, 0.1) is 36.4 Å². The van der Waals surface area contributed by atoms with Crippen molar-refractivity contribution >= 4 is 11.8 Å². The fourth-order valence-corrected chi connectivity index (χ4v) is 2.47. The van der Waals surface area contributed by atoms with Crippen LogP contribution in [0.15, 0.2) is 22.9 Å². The molecule has 0 radical (unpaired) electrons. The van der Waals surface area contributed by atoms with Crippen LogP contribution >= 0.6 is 0 Å². The van der Waals surface area contributed by atoms with Gasteiger partial charge in [0, 0.05) is 19.4 Å². The number of ketones is 1. The van der Waals surface area contributed by atoms with Crippen molar-refractivity contribution in [3.05, 3.63) is 41.4 Å². The Kier molecular flexibility index (Phi) is 3.57. The minimum absolute atomic E-state index is 0.121. The van der Waals surface area contributed by atoms with Gasteiger partial charge in [0.1, 0.15) is 6.26 Å². The lowest BCUT2D eigenvalue weighted by atomic mass is 10.1. The molecule has 0 spiro atoms. The maximum absolute atomic E-state index is 12.3. The van der Waals surface area contributed by atoms with E-state index >= 15 is 0 Å². The summed E-state index contributed by atoms with van der Waals surface area (Å²) in [6.07, 6.45) is 3.60. The highest BCUT2D eigenvalue weighted by molar-refractivity contribution is 5.99. The number of ether oxygens (including phenoxy) is 1. The van der Waals surface area contributed by atoms with Crippen LogP contribution in [0.5, 0.6) is 0 Å². The monoisotopic (exact) mass is 290 g/mol. The van der Waals surface area contributed by atoms with E-state index in [1.807, 2.05) is 0 Å². The van der Waals surface area contributed by atoms with Gasteiger partial charge in [-0.25, -0.2) is 9.78 Å².